The third-order valence-corrected chi connectivity index (χ3v) is 4.73. The fourth-order valence-corrected chi connectivity index (χ4v) is 3.76. The molecule has 6 heteroatoms. The fourth-order valence-electron chi connectivity index (χ4n) is 2.91. The summed E-state index contributed by atoms with van der Waals surface area (Å²) in [6.45, 7) is 1.99. The van der Waals surface area contributed by atoms with Crippen molar-refractivity contribution in [2.45, 2.75) is 25.4 Å². The van der Waals surface area contributed by atoms with Gasteiger partial charge in [-0.1, -0.05) is 0 Å². The molecule has 0 amide bonds. The molecule has 3 aromatic heterocycles. The highest BCUT2D eigenvalue weighted by Crippen LogP contribution is 2.32. The first-order chi connectivity index (χ1) is 9.92. The van der Waals surface area contributed by atoms with Crippen LogP contribution in [0.3, 0.4) is 0 Å². The second-order valence-electron chi connectivity index (χ2n) is 5.05. The van der Waals surface area contributed by atoms with Gasteiger partial charge in [-0.2, -0.15) is 5.10 Å². The average Bonchev–Trinajstić information content (AvgIpc) is 3.19. The van der Waals surface area contributed by atoms with Gasteiger partial charge in [0.05, 0.1) is 22.8 Å². The fraction of sp³-hybridized carbons (Fsp3) is 0.357. The maximum atomic E-state index is 4.54. The van der Waals surface area contributed by atoms with E-state index < -0.39 is 0 Å². The minimum Gasteiger partial charge on any atom is -0.350 e. The molecule has 0 aromatic carbocycles. The Morgan fingerprint density at radius 3 is 3.25 bits per heavy atom. The minimum absolute atomic E-state index is 0.468. The monoisotopic (exact) mass is 285 g/mol. The van der Waals surface area contributed by atoms with Gasteiger partial charge in [0.1, 0.15) is 12.1 Å². The van der Waals surface area contributed by atoms with Gasteiger partial charge in [-0.05, 0) is 30.4 Å². The maximum absolute atomic E-state index is 4.54. The van der Waals surface area contributed by atoms with Crippen LogP contribution in [0.5, 0.6) is 0 Å². The minimum atomic E-state index is 0.468. The lowest BCUT2D eigenvalue weighted by molar-refractivity contribution is 0.508. The second kappa shape index (κ2) is 4.86. The first kappa shape index (κ1) is 11.8. The molecule has 0 saturated carbocycles. The molecule has 1 saturated heterocycles. The smallest absolute Gasteiger partial charge is 0.150 e. The van der Waals surface area contributed by atoms with Crippen molar-refractivity contribution in [2.75, 3.05) is 11.4 Å². The Labute approximate surface area is 120 Å². The summed E-state index contributed by atoms with van der Waals surface area (Å²) in [7, 11) is 0. The Morgan fingerprint density at radius 2 is 2.35 bits per heavy atom. The molecule has 102 valence electrons. The summed E-state index contributed by atoms with van der Waals surface area (Å²) >= 11 is 1.72. The van der Waals surface area contributed by atoms with Crippen LogP contribution in [-0.2, 0) is 6.54 Å². The summed E-state index contributed by atoms with van der Waals surface area (Å²) in [5, 5.41) is 6.40. The molecule has 3 aromatic rings. The molecule has 1 aliphatic heterocycles. The zero-order chi connectivity index (χ0) is 13.4. The Morgan fingerprint density at radius 1 is 1.35 bits per heavy atom. The summed E-state index contributed by atoms with van der Waals surface area (Å²) in [6.07, 6.45) is 7.94. The summed E-state index contributed by atoms with van der Waals surface area (Å²) in [6, 6.07) is 4.50. The van der Waals surface area contributed by atoms with Gasteiger partial charge in [0.15, 0.2) is 0 Å². The van der Waals surface area contributed by atoms with Crippen LogP contribution in [0.15, 0.2) is 36.2 Å². The lowest BCUT2D eigenvalue weighted by atomic mass is 10.2. The van der Waals surface area contributed by atoms with Gasteiger partial charge < -0.3 is 4.90 Å². The Bertz CT molecular complexity index is 705. The molecule has 0 N–H and O–H groups in total. The number of thiophene rings is 1. The highest BCUT2D eigenvalue weighted by atomic mass is 32.1. The molecule has 1 atom stereocenters. The van der Waals surface area contributed by atoms with Crippen LogP contribution < -0.4 is 4.90 Å². The lowest BCUT2D eigenvalue weighted by Crippen LogP contribution is -2.33. The third-order valence-electron chi connectivity index (χ3n) is 3.83. The van der Waals surface area contributed by atoms with Gasteiger partial charge in [0.2, 0.25) is 0 Å². The summed E-state index contributed by atoms with van der Waals surface area (Å²) in [4.78, 5) is 11.3. The van der Waals surface area contributed by atoms with Crippen molar-refractivity contribution >= 4 is 27.4 Å². The molecule has 4 heterocycles. The van der Waals surface area contributed by atoms with E-state index in [-0.39, 0.29) is 0 Å². The summed E-state index contributed by atoms with van der Waals surface area (Å²) in [5.74, 6) is 1.08. The summed E-state index contributed by atoms with van der Waals surface area (Å²) < 4.78 is 3.20. The van der Waals surface area contributed by atoms with E-state index in [4.69, 9.17) is 0 Å². The van der Waals surface area contributed by atoms with E-state index in [0.717, 1.165) is 24.4 Å². The molecule has 0 aliphatic carbocycles. The van der Waals surface area contributed by atoms with Crippen LogP contribution >= 0.6 is 11.3 Å². The van der Waals surface area contributed by atoms with Crippen molar-refractivity contribution in [1.82, 2.24) is 19.7 Å². The number of nitrogens with zero attached hydrogens (tertiary/aromatic N) is 5. The molecule has 0 bridgehead atoms. The molecule has 4 rings (SSSR count). The number of hydrogen-bond donors (Lipinski definition) is 0. The zero-order valence-electron chi connectivity index (χ0n) is 11.0. The van der Waals surface area contributed by atoms with Gasteiger partial charge in [0.25, 0.3) is 0 Å². The first-order valence-corrected chi connectivity index (χ1v) is 7.72. The van der Waals surface area contributed by atoms with Crippen LogP contribution in [0.4, 0.5) is 5.82 Å². The highest BCUT2D eigenvalue weighted by molar-refractivity contribution is 7.17. The molecule has 20 heavy (non-hydrogen) atoms. The van der Waals surface area contributed by atoms with E-state index in [9.17, 15) is 0 Å². The van der Waals surface area contributed by atoms with E-state index in [1.807, 2.05) is 23.1 Å². The van der Waals surface area contributed by atoms with Gasteiger partial charge >= 0.3 is 0 Å². The Balaban J connectivity index is 1.68. The van der Waals surface area contributed by atoms with Crippen molar-refractivity contribution in [3.63, 3.8) is 0 Å². The van der Waals surface area contributed by atoms with Gasteiger partial charge in [-0.3, -0.25) is 4.68 Å². The van der Waals surface area contributed by atoms with E-state index in [1.165, 1.54) is 17.5 Å². The first-order valence-electron chi connectivity index (χ1n) is 6.84. The Kier molecular flexibility index (Phi) is 2.88. The third kappa shape index (κ3) is 1.96. The lowest BCUT2D eigenvalue weighted by Gasteiger charge is -2.25. The van der Waals surface area contributed by atoms with Gasteiger partial charge in [0, 0.05) is 18.9 Å². The van der Waals surface area contributed by atoms with Crippen molar-refractivity contribution in [3.05, 3.63) is 36.2 Å². The predicted octanol–water partition coefficient (Wildman–Crippen LogP) is 2.56. The van der Waals surface area contributed by atoms with Crippen molar-refractivity contribution in [2.24, 2.45) is 0 Å². The number of aromatic nitrogens is 4. The van der Waals surface area contributed by atoms with Crippen molar-refractivity contribution < 1.29 is 0 Å². The zero-order valence-corrected chi connectivity index (χ0v) is 11.8. The molecular formula is C14H15N5S. The second-order valence-corrected chi connectivity index (χ2v) is 5.97. The topological polar surface area (TPSA) is 46.8 Å². The van der Waals surface area contributed by atoms with E-state index >= 15 is 0 Å². The van der Waals surface area contributed by atoms with Crippen molar-refractivity contribution in [1.29, 1.82) is 0 Å². The molecular weight excluding hydrogens is 270 g/mol. The quantitative estimate of drug-likeness (QED) is 0.742. The van der Waals surface area contributed by atoms with Gasteiger partial charge in [-0.15, -0.1) is 11.3 Å². The predicted molar refractivity (Wildman–Crippen MR) is 80.0 cm³/mol. The molecule has 0 radical (unpaired) electrons. The average molecular weight is 285 g/mol. The van der Waals surface area contributed by atoms with Crippen molar-refractivity contribution in [3.8, 4) is 0 Å². The van der Waals surface area contributed by atoms with Crippen LogP contribution in [0.25, 0.3) is 10.2 Å². The largest absolute Gasteiger partial charge is 0.350 e. The van der Waals surface area contributed by atoms with E-state index in [1.54, 1.807) is 17.7 Å². The van der Waals surface area contributed by atoms with Crippen LogP contribution in [0.1, 0.15) is 12.8 Å². The standard InChI is InChI=1S/C14H15N5S/c1-3-11(9-18-6-2-5-17-18)19(7-1)14-13-12(4-8-20-13)15-10-16-14/h2,4-6,8,10-11H,1,3,7,9H2/t11-/m1/s1. The van der Waals surface area contributed by atoms with E-state index in [0.29, 0.717) is 6.04 Å². The molecule has 0 unspecified atom stereocenters. The van der Waals surface area contributed by atoms with Gasteiger partial charge in [-0.25, -0.2) is 9.97 Å². The molecule has 0 spiro atoms. The number of rotatable bonds is 3. The maximum Gasteiger partial charge on any atom is 0.150 e. The van der Waals surface area contributed by atoms with E-state index in [2.05, 4.69) is 31.4 Å². The van der Waals surface area contributed by atoms with Crippen LogP contribution in [0.2, 0.25) is 0 Å². The molecule has 5 nitrogen and oxygen atoms in total. The number of fused-ring (bicyclic) bond motifs is 1. The molecule has 1 aliphatic rings. The number of anilines is 1. The highest BCUT2D eigenvalue weighted by Gasteiger charge is 2.27. The van der Waals surface area contributed by atoms with Crippen LogP contribution in [0, 0.1) is 0 Å². The normalized spacial score (nSPS) is 19.0. The van der Waals surface area contributed by atoms with Crippen LogP contribution in [-0.4, -0.2) is 32.3 Å². The summed E-state index contributed by atoms with van der Waals surface area (Å²) in [5.41, 5.74) is 1.05. The SMILES string of the molecule is c1cnn(C[C@H]2CCCN2c2ncnc3ccsc23)c1. The number of hydrogen-bond acceptors (Lipinski definition) is 5. The Hall–Kier alpha value is -1.95. The molecule has 1 fully saturated rings.